The van der Waals surface area contributed by atoms with Crippen molar-refractivity contribution < 1.29 is 14.1 Å². The lowest BCUT2D eigenvalue weighted by molar-refractivity contribution is -0.121. The zero-order valence-corrected chi connectivity index (χ0v) is 29.8. The second kappa shape index (κ2) is 15.4. The monoisotopic (exact) mass is 651 g/mol. The van der Waals surface area contributed by atoms with Gasteiger partial charge in [-0.25, -0.2) is 14.6 Å². The Morgan fingerprint density at radius 1 is 1.07 bits per heavy atom. The van der Waals surface area contributed by atoms with Gasteiger partial charge in [0.1, 0.15) is 11.6 Å². The largest absolute Gasteiger partial charge is 0.360 e. The lowest BCUT2D eigenvalue weighted by Gasteiger charge is -2.39. The summed E-state index contributed by atoms with van der Waals surface area (Å²) in [6.45, 7) is 14.8. The fourth-order valence-electron chi connectivity index (χ4n) is 7.39. The zero-order chi connectivity index (χ0) is 33.0. The summed E-state index contributed by atoms with van der Waals surface area (Å²) in [7, 11) is 2.19. The van der Waals surface area contributed by atoms with Crippen LogP contribution in [-0.4, -0.2) is 78.7 Å². The average Bonchev–Trinajstić information content (AvgIpc) is 3.76. The molecule has 4 atom stereocenters. The van der Waals surface area contributed by atoms with Crippen molar-refractivity contribution in [3.63, 3.8) is 0 Å². The van der Waals surface area contributed by atoms with Gasteiger partial charge in [0.05, 0.1) is 23.5 Å². The van der Waals surface area contributed by atoms with Crippen LogP contribution in [0.15, 0.2) is 4.52 Å². The van der Waals surface area contributed by atoms with Gasteiger partial charge in [-0.05, 0) is 77.8 Å². The van der Waals surface area contributed by atoms with Crippen LogP contribution in [0, 0.1) is 12.8 Å². The maximum absolute atomic E-state index is 13.1. The Kier molecular flexibility index (Phi) is 11.6. The van der Waals surface area contributed by atoms with Crippen LogP contribution < -0.4 is 4.90 Å². The van der Waals surface area contributed by atoms with Crippen molar-refractivity contribution in [2.75, 3.05) is 30.8 Å². The van der Waals surface area contributed by atoms with E-state index < -0.39 is 0 Å². The Balaban J connectivity index is 0.00000204. The number of Topliss-reactive ketones (excluding diaryl/α,β-unsaturated/α-hetero) is 1. The van der Waals surface area contributed by atoms with Crippen molar-refractivity contribution in [1.82, 2.24) is 29.8 Å². The third kappa shape index (κ3) is 7.20. The van der Waals surface area contributed by atoms with E-state index in [9.17, 15) is 9.59 Å². The third-order valence-electron chi connectivity index (χ3n) is 9.93. The second-order valence-electron chi connectivity index (χ2n) is 13.3. The average molecular weight is 652 g/mol. The molecule has 0 aromatic carbocycles. The van der Waals surface area contributed by atoms with E-state index in [1.165, 1.54) is 18.2 Å². The Bertz CT molecular complexity index is 1520. The molecule has 0 N–H and O–H groups in total. The Hall–Kier alpha value is -2.79. The SMILES string of the molecule is CC.CCCCC(=O)C1CCCc2c(-c3nc(N4CC(C)CC[C@@H]4CSC(C)=O)c4c(C)nn(CC5CCCN5C)c4n3)noc21. The quantitative estimate of drug-likeness (QED) is 0.228. The van der Waals surface area contributed by atoms with Crippen molar-refractivity contribution in [2.45, 2.75) is 130 Å². The number of carbonyl (C=O) groups excluding carboxylic acids is 2. The lowest BCUT2D eigenvalue weighted by atomic mass is 9.83. The van der Waals surface area contributed by atoms with E-state index in [0.717, 1.165) is 105 Å². The summed E-state index contributed by atoms with van der Waals surface area (Å²) in [4.78, 5) is 40.4. The fraction of sp³-hybridized carbons (Fsp3) is 0.714. The molecule has 2 aliphatic heterocycles. The number of anilines is 1. The summed E-state index contributed by atoms with van der Waals surface area (Å²) in [6.07, 6.45) is 9.43. The van der Waals surface area contributed by atoms with Gasteiger partial charge in [0.25, 0.3) is 0 Å². The number of ketones is 1. The standard InChI is InChI=1S/C33H47N7O3S.C2H6/c1-6-7-13-27(42)25-11-8-12-26-29(37-43-30(25)26)31-34-32(39-17-20(2)14-15-24(39)19-44-22(4)41)28-21(3)36-40(33(28)35-31)18-23-10-9-16-38(23)5;1-2/h20,23-25H,6-19H2,1-5H3;1-2H3/t20?,23?,24-,25?;/m1./s1. The number of likely N-dealkylation sites (tertiary alicyclic amines) is 1. The summed E-state index contributed by atoms with van der Waals surface area (Å²) < 4.78 is 8.05. The van der Waals surface area contributed by atoms with E-state index in [1.54, 1.807) is 6.92 Å². The molecule has 3 aliphatic rings. The van der Waals surface area contributed by atoms with E-state index in [0.29, 0.717) is 35.7 Å². The molecule has 3 aromatic rings. The summed E-state index contributed by atoms with van der Waals surface area (Å²) >= 11 is 1.39. The van der Waals surface area contributed by atoms with Crippen molar-refractivity contribution >= 4 is 39.5 Å². The van der Waals surface area contributed by atoms with Crippen LogP contribution in [0.1, 0.15) is 115 Å². The number of carbonyl (C=O) groups is 2. The molecule has 0 saturated carbocycles. The van der Waals surface area contributed by atoms with Gasteiger partial charge in [0, 0.05) is 43.3 Å². The first-order chi connectivity index (χ1) is 22.2. The van der Waals surface area contributed by atoms with E-state index in [4.69, 9.17) is 19.6 Å². The minimum absolute atomic E-state index is 0.138. The summed E-state index contributed by atoms with van der Waals surface area (Å²) in [5.74, 6) is 3.35. The molecule has 10 nitrogen and oxygen atoms in total. The third-order valence-corrected chi connectivity index (χ3v) is 10.9. The molecule has 1 aliphatic carbocycles. The summed E-state index contributed by atoms with van der Waals surface area (Å²) in [6, 6.07) is 0.588. The van der Waals surface area contributed by atoms with Crippen LogP contribution in [-0.2, 0) is 22.6 Å². The van der Waals surface area contributed by atoms with Gasteiger partial charge in [0.15, 0.2) is 28.0 Å². The molecule has 2 fully saturated rings. The van der Waals surface area contributed by atoms with Crippen LogP contribution in [0.5, 0.6) is 0 Å². The number of hydrogen-bond donors (Lipinski definition) is 0. The van der Waals surface area contributed by atoms with Gasteiger partial charge in [0.2, 0.25) is 0 Å². The van der Waals surface area contributed by atoms with Gasteiger partial charge in [-0.1, -0.05) is 51.0 Å². The zero-order valence-electron chi connectivity index (χ0n) is 29.0. The highest BCUT2D eigenvalue weighted by Gasteiger charge is 2.36. The molecule has 46 heavy (non-hydrogen) atoms. The molecule has 0 bridgehead atoms. The van der Waals surface area contributed by atoms with Gasteiger partial charge >= 0.3 is 0 Å². The van der Waals surface area contributed by atoms with Crippen molar-refractivity contribution in [2.24, 2.45) is 5.92 Å². The molecular weight excluding hydrogens is 598 g/mol. The van der Waals surface area contributed by atoms with Gasteiger partial charge in [-0.15, -0.1) is 0 Å². The molecule has 2 saturated heterocycles. The second-order valence-corrected chi connectivity index (χ2v) is 14.5. The van der Waals surface area contributed by atoms with Crippen LogP contribution in [0.2, 0.25) is 0 Å². The molecule has 3 unspecified atom stereocenters. The van der Waals surface area contributed by atoms with Crippen LogP contribution in [0.4, 0.5) is 5.82 Å². The van der Waals surface area contributed by atoms with Gasteiger partial charge in [-0.3, -0.25) is 9.59 Å². The van der Waals surface area contributed by atoms with Crippen LogP contribution in [0.25, 0.3) is 22.6 Å². The molecule has 11 heteroatoms. The number of aromatic nitrogens is 5. The van der Waals surface area contributed by atoms with Crippen molar-refractivity contribution in [3.8, 4) is 11.5 Å². The van der Waals surface area contributed by atoms with Crippen LogP contribution >= 0.6 is 11.8 Å². The highest BCUT2D eigenvalue weighted by atomic mass is 32.2. The molecule has 252 valence electrons. The first kappa shape index (κ1) is 34.5. The molecule has 0 spiro atoms. The van der Waals surface area contributed by atoms with Gasteiger partial charge in [-0.2, -0.15) is 5.10 Å². The van der Waals surface area contributed by atoms with E-state index >= 15 is 0 Å². The number of piperidine rings is 1. The number of fused-ring (bicyclic) bond motifs is 2. The van der Waals surface area contributed by atoms with E-state index in [2.05, 4.69) is 47.5 Å². The number of hydrogen-bond acceptors (Lipinski definition) is 10. The number of thioether (sulfide) groups is 1. The van der Waals surface area contributed by atoms with E-state index in [1.807, 2.05) is 13.8 Å². The number of unbranched alkanes of at least 4 members (excludes halogenated alkanes) is 1. The number of aryl methyl sites for hydroxylation is 1. The number of likely N-dealkylation sites (N-methyl/N-ethyl adjacent to an activating group) is 1. The van der Waals surface area contributed by atoms with Gasteiger partial charge < -0.3 is 14.3 Å². The normalized spacial score (nSPS) is 23.3. The predicted molar refractivity (Wildman–Crippen MR) is 185 cm³/mol. The van der Waals surface area contributed by atoms with E-state index in [-0.39, 0.29) is 22.9 Å². The molecule has 0 amide bonds. The predicted octanol–water partition coefficient (Wildman–Crippen LogP) is 6.97. The Morgan fingerprint density at radius 2 is 1.87 bits per heavy atom. The minimum atomic E-state index is -0.239. The smallest absolute Gasteiger partial charge is 0.186 e. The lowest BCUT2D eigenvalue weighted by Crippen LogP contribution is -2.45. The topological polar surface area (TPSA) is 110 Å². The molecular formula is C35H53N7O3S. The summed E-state index contributed by atoms with van der Waals surface area (Å²) in [5, 5.41) is 10.7. The Morgan fingerprint density at radius 3 is 2.59 bits per heavy atom. The molecule has 5 heterocycles. The maximum atomic E-state index is 13.1. The van der Waals surface area contributed by atoms with Crippen molar-refractivity contribution in [1.29, 1.82) is 0 Å². The fourth-order valence-corrected chi connectivity index (χ4v) is 8.17. The summed E-state index contributed by atoms with van der Waals surface area (Å²) in [5.41, 5.74) is 3.37. The molecule has 3 aromatic heterocycles. The van der Waals surface area contributed by atoms with Crippen LogP contribution in [0.3, 0.4) is 0 Å². The first-order valence-corrected chi connectivity index (χ1v) is 18.6. The first-order valence-electron chi connectivity index (χ1n) is 17.6. The highest BCUT2D eigenvalue weighted by molar-refractivity contribution is 8.13. The maximum Gasteiger partial charge on any atom is 0.186 e. The highest BCUT2D eigenvalue weighted by Crippen LogP contribution is 2.40. The van der Waals surface area contributed by atoms with Crippen molar-refractivity contribution in [3.05, 3.63) is 17.0 Å². The Labute approximate surface area is 278 Å². The minimum Gasteiger partial charge on any atom is -0.360 e. The molecule has 6 rings (SSSR count). The number of nitrogens with zero attached hydrogens (tertiary/aromatic N) is 7. The number of rotatable bonds is 10. The molecule has 0 radical (unpaired) electrons.